The van der Waals surface area contributed by atoms with Gasteiger partial charge in [-0.25, -0.2) is 8.42 Å². The Morgan fingerprint density at radius 2 is 2.00 bits per heavy atom. The van der Waals surface area contributed by atoms with Crippen LogP contribution < -0.4 is 5.32 Å². The highest BCUT2D eigenvalue weighted by atomic mass is 32.2. The lowest BCUT2D eigenvalue weighted by molar-refractivity contribution is 0.163. The van der Waals surface area contributed by atoms with E-state index in [2.05, 4.69) is 5.32 Å². The summed E-state index contributed by atoms with van der Waals surface area (Å²) in [6.07, 6.45) is 1.60. The van der Waals surface area contributed by atoms with Crippen molar-refractivity contribution in [3.63, 3.8) is 0 Å². The molecule has 0 saturated carbocycles. The fourth-order valence-electron chi connectivity index (χ4n) is 2.26. The molecule has 1 heterocycles. The lowest BCUT2D eigenvalue weighted by atomic mass is 10.2. The molecule has 0 spiro atoms. The summed E-state index contributed by atoms with van der Waals surface area (Å²) in [4.78, 5) is 1.02. The highest BCUT2D eigenvalue weighted by molar-refractivity contribution is 7.91. The van der Waals surface area contributed by atoms with Gasteiger partial charge in [-0.05, 0) is 32.0 Å². The Bertz CT molecular complexity index is 510. The molecule has 0 unspecified atom stereocenters. The number of nitrogens with one attached hydrogen (secondary N) is 1. The molecule has 0 fully saturated rings. The van der Waals surface area contributed by atoms with Gasteiger partial charge in [0.15, 0.2) is 0 Å². The second kappa shape index (κ2) is 8.85. The van der Waals surface area contributed by atoms with E-state index in [1.54, 1.807) is 17.5 Å². The van der Waals surface area contributed by atoms with Gasteiger partial charge in [-0.15, -0.1) is 11.3 Å². The van der Waals surface area contributed by atoms with Crippen molar-refractivity contribution in [2.45, 2.75) is 43.5 Å². The van der Waals surface area contributed by atoms with Crippen LogP contribution in [-0.4, -0.2) is 46.1 Å². The van der Waals surface area contributed by atoms with Gasteiger partial charge in [-0.2, -0.15) is 4.31 Å². The third kappa shape index (κ3) is 4.75. The molecule has 0 aromatic carbocycles. The Labute approximate surface area is 132 Å². The molecule has 1 aromatic rings. The Morgan fingerprint density at radius 1 is 1.33 bits per heavy atom. The van der Waals surface area contributed by atoms with Gasteiger partial charge in [0.1, 0.15) is 4.21 Å². The van der Waals surface area contributed by atoms with Crippen LogP contribution in [0.2, 0.25) is 0 Å². The third-order valence-corrected chi connectivity index (χ3v) is 6.92. The van der Waals surface area contributed by atoms with Gasteiger partial charge in [-0.3, -0.25) is 0 Å². The minimum absolute atomic E-state index is 0.0139. The minimum atomic E-state index is -3.45. The predicted molar refractivity (Wildman–Crippen MR) is 87.2 cm³/mol. The molecule has 0 aliphatic carbocycles. The Morgan fingerprint density at radius 3 is 2.52 bits per heavy atom. The van der Waals surface area contributed by atoms with Crippen LogP contribution in [0.5, 0.6) is 0 Å². The molecule has 1 N–H and O–H groups in total. The van der Waals surface area contributed by atoms with Crippen LogP contribution in [0.3, 0.4) is 0 Å². The zero-order chi connectivity index (χ0) is 15.9. The second-order valence-corrected chi connectivity index (χ2v) is 8.12. The number of ether oxygens (including phenoxy) is 1. The highest BCUT2D eigenvalue weighted by Crippen LogP contribution is 2.27. The van der Waals surface area contributed by atoms with Crippen LogP contribution in [0.15, 0.2) is 16.3 Å². The molecule has 122 valence electrons. The first-order valence-electron chi connectivity index (χ1n) is 7.25. The quantitative estimate of drug-likeness (QED) is 0.713. The molecule has 1 aromatic heterocycles. The van der Waals surface area contributed by atoms with E-state index in [-0.39, 0.29) is 6.04 Å². The first-order valence-corrected chi connectivity index (χ1v) is 9.50. The summed E-state index contributed by atoms with van der Waals surface area (Å²) in [5, 5.41) is 3.04. The van der Waals surface area contributed by atoms with Gasteiger partial charge >= 0.3 is 0 Å². The van der Waals surface area contributed by atoms with Crippen LogP contribution in [0.25, 0.3) is 0 Å². The maximum atomic E-state index is 12.9. The van der Waals surface area contributed by atoms with Gasteiger partial charge in [-0.1, -0.05) is 13.8 Å². The smallest absolute Gasteiger partial charge is 0.252 e. The number of thiophene rings is 1. The SMILES string of the molecule is CCC(CC)N(CCOC)S(=O)(=O)c1ccc(CNC)s1. The van der Waals surface area contributed by atoms with Crippen molar-refractivity contribution in [1.82, 2.24) is 9.62 Å². The van der Waals surface area contributed by atoms with Gasteiger partial charge in [0.05, 0.1) is 6.61 Å². The fraction of sp³-hybridized carbons (Fsp3) is 0.714. The monoisotopic (exact) mass is 334 g/mol. The number of methoxy groups -OCH3 is 1. The van der Waals surface area contributed by atoms with E-state index in [0.29, 0.717) is 23.9 Å². The Kier molecular flexibility index (Phi) is 7.83. The van der Waals surface area contributed by atoms with Gasteiger partial charge in [0.2, 0.25) is 0 Å². The molecule has 0 aliphatic heterocycles. The Balaban J connectivity index is 3.06. The maximum Gasteiger partial charge on any atom is 0.252 e. The van der Waals surface area contributed by atoms with E-state index in [0.717, 1.165) is 17.7 Å². The van der Waals surface area contributed by atoms with Crippen LogP contribution in [-0.2, 0) is 21.3 Å². The van der Waals surface area contributed by atoms with E-state index in [1.807, 2.05) is 27.0 Å². The van der Waals surface area contributed by atoms with E-state index in [1.165, 1.54) is 11.3 Å². The number of nitrogens with zero attached hydrogens (tertiary/aromatic N) is 1. The molecule has 0 amide bonds. The molecule has 0 radical (unpaired) electrons. The predicted octanol–water partition coefficient (Wildman–Crippen LogP) is 2.29. The van der Waals surface area contributed by atoms with Crippen LogP contribution in [0.4, 0.5) is 0 Å². The van der Waals surface area contributed by atoms with Crippen LogP contribution in [0, 0.1) is 0 Å². The standard InChI is InChI=1S/C14H26N2O3S2/c1-5-12(6-2)16(9-10-19-4)21(17,18)14-8-7-13(20-14)11-15-3/h7-8,12,15H,5-6,9-11H2,1-4H3. The summed E-state index contributed by atoms with van der Waals surface area (Å²) >= 11 is 1.33. The molecule has 5 nitrogen and oxygen atoms in total. The zero-order valence-electron chi connectivity index (χ0n) is 13.3. The first kappa shape index (κ1) is 18.6. The van der Waals surface area contributed by atoms with Crippen molar-refractivity contribution in [3.8, 4) is 0 Å². The van der Waals surface area contributed by atoms with Crippen molar-refractivity contribution in [2.75, 3.05) is 27.3 Å². The summed E-state index contributed by atoms with van der Waals surface area (Å²) in [7, 11) is -0.00883. The molecule has 0 saturated heterocycles. The molecular weight excluding hydrogens is 308 g/mol. The van der Waals surface area contributed by atoms with E-state index >= 15 is 0 Å². The lowest BCUT2D eigenvalue weighted by Crippen LogP contribution is -2.41. The topological polar surface area (TPSA) is 58.6 Å². The summed E-state index contributed by atoms with van der Waals surface area (Å²) < 4.78 is 32.8. The average molecular weight is 335 g/mol. The summed E-state index contributed by atoms with van der Waals surface area (Å²) in [6, 6.07) is 3.59. The minimum Gasteiger partial charge on any atom is -0.383 e. The van der Waals surface area contributed by atoms with E-state index in [9.17, 15) is 8.42 Å². The highest BCUT2D eigenvalue weighted by Gasteiger charge is 2.30. The summed E-state index contributed by atoms with van der Waals surface area (Å²) in [5.74, 6) is 0. The van der Waals surface area contributed by atoms with Gasteiger partial charge in [0, 0.05) is 31.1 Å². The lowest BCUT2D eigenvalue weighted by Gasteiger charge is -2.28. The molecule has 1 rings (SSSR count). The molecule has 7 heteroatoms. The van der Waals surface area contributed by atoms with Crippen LogP contribution >= 0.6 is 11.3 Å². The van der Waals surface area contributed by atoms with Crippen molar-refractivity contribution in [1.29, 1.82) is 0 Å². The van der Waals surface area contributed by atoms with E-state index < -0.39 is 10.0 Å². The summed E-state index contributed by atoms with van der Waals surface area (Å²) in [5.41, 5.74) is 0. The fourth-order valence-corrected chi connectivity index (χ4v) is 5.51. The Hall–Kier alpha value is -0.470. The average Bonchev–Trinajstić information content (AvgIpc) is 2.93. The zero-order valence-corrected chi connectivity index (χ0v) is 14.9. The van der Waals surface area contributed by atoms with Crippen molar-refractivity contribution >= 4 is 21.4 Å². The number of hydrogen-bond donors (Lipinski definition) is 1. The second-order valence-electron chi connectivity index (χ2n) is 4.83. The maximum absolute atomic E-state index is 12.9. The molecule has 0 atom stereocenters. The van der Waals surface area contributed by atoms with Gasteiger partial charge in [0.25, 0.3) is 10.0 Å². The summed E-state index contributed by atoms with van der Waals surface area (Å²) in [6.45, 7) is 5.52. The van der Waals surface area contributed by atoms with E-state index in [4.69, 9.17) is 4.74 Å². The number of sulfonamides is 1. The van der Waals surface area contributed by atoms with Crippen molar-refractivity contribution in [3.05, 3.63) is 17.0 Å². The third-order valence-electron chi connectivity index (χ3n) is 3.42. The van der Waals surface area contributed by atoms with Crippen LogP contribution in [0.1, 0.15) is 31.6 Å². The normalized spacial score (nSPS) is 12.5. The largest absolute Gasteiger partial charge is 0.383 e. The molecule has 0 aliphatic rings. The van der Waals surface area contributed by atoms with Gasteiger partial charge < -0.3 is 10.1 Å². The molecule has 0 bridgehead atoms. The number of rotatable bonds is 10. The number of hydrogen-bond acceptors (Lipinski definition) is 5. The molecular formula is C14H26N2O3S2. The first-order chi connectivity index (χ1) is 10.0. The van der Waals surface area contributed by atoms with Crippen molar-refractivity contribution < 1.29 is 13.2 Å². The molecule has 21 heavy (non-hydrogen) atoms. The van der Waals surface area contributed by atoms with Crippen molar-refractivity contribution in [2.24, 2.45) is 0 Å².